The van der Waals surface area contributed by atoms with Crippen LogP contribution in [0.3, 0.4) is 0 Å². The predicted octanol–water partition coefficient (Wildman–Crippen LogP) is 0.722. The van der Waals surface area contributed by atoms with Crippen molar-refractivity contribution in [3.05, 3.63) is 23.9 Å². The molecule has 0 aromatic heterocycles. The van der Waals surface area contributed by atoms with Gasteiger partial charge in [-0.05, 0) is 19.5 Å². The van der Waals surface area contributed by atoms with E-state index < -0.39 is 0 Å². The summed E-state index contributed by atoms with van der Waals surface area (Å²) in [6.45, 7) is 2.30. The highest BCUT2D eigenvalue weighted by Gasteiger charge is 2.40. The molecule has 2 fully saturated rings. The molecule has 0 radical (unpaired) electrons. The van der Waals surface area contributed by atoms with E-state index in [0.717, 1.165) is 11.8 Å². The maximum atomic E-state index is 3.65. The lowest BCUT2D eigenvalue weighted by Crippen LogP contribution is -2.49. The van der Waals surface area contributed by atoms with Crippen LogP contribution in [-0.4, -0.2) is 41.8 Å². The van der Waals surface area contributed by atoms with Crippen LogP contribution < -0.4 is 10.6 Å². The molecule has 4 heteroatoms. The molecule has 0 aromatic carbocycles. The molecule has 15 heavy (non-hydrogen) atoms. The van der Waals surface area contributed by atoms with Gasteiger partial charge in [0.2, 0.25) is 0 Å². The van der Waals surface area contributed by atoms with Gasteiger partial charge in [0.1, 0.15) is 5.50 Å². The minimum Gasteiger partial charge on any atom is -0.370 e. The monoisotopic (exact) mass is 223 g/mol. The van der Waals surface area contributed by atoms with E-state index in [1.807, 2.05) is 18.8 Å². The second kappa shape index (κ2) is 3.85. The SMILES string of the molecule is CNC1NC2C3=CC=CCN3CCC2S1. The van der Waals surface area contributed by atoms with Gasteiger partial charge in [-0.1, -0.05) is 12.2 Å². The first kappa shape index (κ1) is 9.75. The summed E-state index contributed by atoms with van der Waals surface area (Å²) in [5.41, 5.74) is 1.91. The number of rotatable bonds is 1. The third-order valence-electron chi connectivity index (χ3n) is 3.37. The summed E-state index contributed by atoms with van der Waals surface area (Å²) >= 11 is 2.04. The van der Waals surface area contributed by atoms with Gasteiger partial charge in [-0.15, -0.1) is 11.8 Å². The minimum atomic E-state index is 0.423. The maximum absolute atomic E-state index is 3.65. The Morgan fingerprint density at radius 3 is 3.40 bits per heavy atom. The third-order valence-corrected chi connectivity index (χ3v) is 4.87. The molecule has 0 aromatic rings. The molecule has 82 valence electrons. The Morgan fingerprint density at radius 1 is 1.60 bits per heavy atom. The van der Waals surface area contributed by atoms with Gasteiger partial charge in [0.25, 0.3) is 0 Å². The summed E-state index contributed by atoms with van der Waals surface area (Å²) < 4.78 is 0. The van der Waals surface area contributed by atoms with Gasteiger partial charge in [-0.2, -0.15) is 0 Å². The predicted molar refractivity (Wildman–Crippen MR) is 64.6 cm³/mol. The van der Waals surface area contributed by atoms with E-state index in [1.54, 1.807) is 0 Å². The Hall–Kier alpha value is -0.450. The highest BCUT2D eigenvalue weighted by molar-refractivity contribution is 8.00. The van der Waals surface area contributed by atoms with E-state index in [2.05, 4.69) is 33.8 Å². The lowest BCUT2D eigenvalue weighted by atomic mass is 9.99. The average Bonchev–Trinajstić information content (AvgIpc) is 2.72. The number of hydrogen-bond acceptors (Lipinski definition) is 4. The van der Waals surface area contributed by atoms with Crippen LogP contribution in [0.15, 0.2) is 23.9 Å². The number of nitrogens with one attached hydrogen (secondary N) is 2. The van der Waals surface area contributed by atoms with Crippen LogP contribution in [0.5, 0.6) is 0 Å². The molecule has 0 aliphatic carbocycles. The molecule has 3 rings (SSSR count). The summed E-state index contributed by atoms with van der Waals surface area (Å²) in [6.07, 6.45) is 7.99. The fourth-order valence-corrected chi connectivity index (χ4v) is 3.92. The van der Waals surface area contributed by atoms with E-state index >= 15 is 0 Å². The highest BCUT2D eigenvalue weighted by Crippen LogP contribution is 2.37. The molecule has 0 saturated carbocycles. The summed E-state index contributed by atoms with van der Waals surface area (Å²) in [4.78, 5) is 2.49. The Morgan fingerprint density at radius 2 is 2.53 bits per heavy atom. The van der Waals surface area contributed by atoms with Crippen LogP contribution in [0, 0.1) is 0 Å². The summed E-state index contributed by atoms with van der Waals surface area (Å²) in [5, 5.41) is 7.70. The lowest BCUT2D eigenvalue weighted by Gasteiger charge is -2.39. The zero-order valence-corrected chi connectivity index (χ0v) is 9.76. The van der Waals surface area contributed by atoms with Crippen molar-refractivity contribution in [2.24, 2.45) is 0 Å². The Labute approximate surface area is 95.0 Å². The van der Waals surface area contributed by atoms with Gasteiger partial charge in [0.15, 0.2) is 0 Å². The van der Waals surface area contributed by atoms with Crippen molar-refractivity contribution in [2.75, 3.05) is 20.1 Å². The van der Waals surface area contributed by atoms with Crippen LogP contribution in [0.1, 0.15) is 6.42 Å². The third kappa shape index (κ3) is 1.61. The Balaban J connectivity index is 1.83. The van der Waals surface area contributed by atoms with Crippen molar-refractivity contribution < 1.29 is 0 Å². The first-order valence-corrected chi connectivity index (χ1v) is 6.53. The summed E-state index contributed by atoms with van der Waals surface area (Å²) in [7, 11) is 2.02. The van der Waals surface area contributed by atoms with Crippen LogP contribution >= 0.6 is 11.8 Å². The minimum absolute atomic E-state index is 0.423. The number of allylic oxidation sites excluding steroid dienone is 2. The van der Waals surface area contributed by atoms with Crippen molar-refractivity contribution in [3.63, 3.8) is 0 Å². The van der Waals surface area contributed by atoms with E-state index in [1.165, 1.54) is 18.7 Å². The molecule has 0 spiro atoms. The van der Waals surface area contributed by atoms with Crippen LogP contribution in [-0.2, 0) is 0 Å². The molecule has 2 saturated heterocycles. The van der Waals surface area contributed by atoms with Crippen LogP contribution in [0.2, 0.25) is 0 Å². The second-order valence-electron chi connectivity index (χ2n) is 4.24. The van der Waals surface area contributed by atoms with Gasteiger partial charge in [-0.3, -0.25) is 10.6 Å². The summed E-state index contributed by atoms with van der Waals surface area (Å²) in [6, 6.07) is 0.547. The van der Waals surface area contributed by atoms with Crippen molar-refractivity contribution >= 4 is 11.8 Å². The molecule has 3 aliphatic rings. The zero-order valence-electron chi connectivity index (χ0n) is 8.94. The van der Waals surface area contributed by atoms with Crippen LogP contribution in [0.4, 0.5) is 0 Å². The van der Waals surface area contributed by atoms with Gasteiger partial charge in [0.05, 0.1) is 6.04 Å². The van der Waals surface area contributed by atoms with E-state index in [0.29, 0.717) is 11.5 Å². The Kier molecular flexibility index (Phi) is 2.50. The molecule has 0 bridgehead atoms. The Bertz CT molecular complexity index is 313. The molecular formula is C11H17N3S. The average molecular weight is 223 g/mol. The normalized spacial score (nSPS) is 38.6. The topological polar surface area (TPSA) is 27.3 Å². The molecule has 3 atom stereocenters. The number of piperidine rings is 1. The standard InChI is InChI=1S/C11H17N3S/c1-12-11-13-10-8-4-2-3-6-14(8)7-5-9(10)15-11/h2-4,9-13H,5-7H2,1H3. The molecule has 3 aliphatic heterocycles. The van der Waals surface area contributed by atoms with Gasteiger partial charge >= 0.3 is 0 Å². The fourth-order valence-electron chi connectivity index (χ4n) is 2.59. The van der Waals surface area contributed by atoms with Crippen LogP contribution in [0.25, 0.3) is 0 Å². The van der Waals surface area contributed by atoms with Gasteiger partial charge in [0, 0.05) is 24.0 Å². The molecule has 3 heterocycles. The van der Waals surface area contributed by atoms with Crippen molar-refractivity contribution in [1.29, 1.82) is 0 Å². The van der Waals surface area contributed by atoms with Crippen molar-refractivity contribution in [1.82, 2.24) is 15.5 Å². The molecule has 0 amide bonds. The second-order valence-corrected chi connectivity index (χ2v) is 5.59. The van der Waals surface area contributed by atoms with E-state index in [-0.39, 0.29) is 0 Å². The van der Waals surface area contributed by atoms with Gasteiger partial charge in [-0.25, -0.2) is 0 Å². The first-order chi connectivity index (χ1) is 7.38. The zero-order chi connectivity index (χ0) is 10.3. The molecular weight excluding hydrogens is 206 g/mol. The highest BCUT2D eigenvalue weighted by atomic mass is 32.2. The van der Waals surface area contributed by atoms with Crippen molar-refractivity contribution in [2.45, 2.75) is 23.2 Å². The first-order valence-electron chi connectivity index (χ1n) is 5.59. The molecule has 2 N–H and O–H groups in total. The fraction of sp³-hybridized carbons (Fsp3) is 0.636. The van der Waals surface area contributed by atoms with E-state index in [9.17, 15) is 0 Å². The quantitative estimate of drug-likeness (QED) is 0.685. The number of hydrogen-bond donors (Lipinski definition) is 2. The largest absolute Gasteiger partial charge is 0.370 e. The number of thioether (sulfide) groups is 1. The molecule has 3 nitrogen and oxygen atoms in total. The maximum Gasteiger partial charge on any atom is 0.106 e. The molecule has 3 unspecified atom stereocenters. The number of fused-ring (bicyclic) bond motifs is 3. The van der Waals surface area contributed by atoms with E-state index in [4.69, 9.17) is 0 Å². The lowest BCUT2D eigenvalue weighted by molar-refractivity contribution is 0.281. The van der Waals surface area contributed by atoms with Gasteiger partial charge < -0.3 is 4.90 Å². The number of nitrogens with zero attached hydrogens (tertiary/aromatic N) is 1. The summed E-state index contributed by atoms with van der Waals surface area (Å²) in [5.74, 6) is 0. The van der Waals surface area contributed by atoms with Crippen molar-refractivity contribution in [3.8, 4) is 0 Å². The smallest absolute Gasteiger partial charge is 0.106 e.